The molecule has 0 aliphatic heterocycles. The topological polar surface area (TPSA) is 67.4 Å². The second kappa shape index (κ2) is 7.38. The van der Waals surface area contributed by atoms with Crippen LogP contribution >= 0.6 is 0 Å². The van der Waals surface area contributed by atoms with Gasteiger partial charge in [-0.25, -0.2) is 0 Å². The summed E-state index contributed by atoms with van der Waals surface area (Å²) >= 11 is 0. The first-order valence-electron chi connectivity index (χ1n) is 6.85. The molecule has 0 aromatic heterocycles. The predicted molar refractivity (Wildman–Crippen MR) is 84.9 cm³/mol. The molecule has 0 saturated carbocycles. The fraction of sp³-hybridized carbons (Fsp3) is 0.176. The molecule has 5 nitrogen and oxygen atoms in total. The molecule has 2 rings (SSSR count). The zero-order valence-corrected chi connectivity index (χ0v) is 12.6. The smallest absolute Gasteiger partial charge is 0.255 e. The summed E-state index contributed by atoms with van der Waals surface area (Å²) in [5.74, 6) is -0.365. The van der Waals surface area contributed by atoms with Gasteiger partial charge in [-0.1, -0.05) is 12.1 Å². The van der Waals surface area contributed by atoms with E-state index in [1.54, 1.807) is 50.6 Å². The van der Waals surface area contributed by atoms with Crippen molar-refractivity contribution in [3.8, 4) is 0 Å². The number of benzene rings is 2. The molecule has 0 spiro atoms. The van der Waals surface area contributed by atoms with E-state index in [0.29, 0.717) is 23.4 Å². The zero-order valence-electron chi connectivity index (χ0n) is 12.6. The molecule has 0 aliphatic carbocycles. The fourth-order valence-electron chi connectivity index (χ4n) is 2.02. The molecular formula is C17H18N2O3. The van der Waals surface area contributed by atoms with Gasteiger partial charge in [-0.3, -0.25) is 9.59 Å². The number of carbonyl (C=O) groups excluding carboxylic acids is 2. The van der Waals surface area contributed by atoms with Crippen molar-refractivity contribution in [2.24, 2.45) is 0 Å². The van der Waals surface area contributed by atoms with Crippen molar-refractivity contribution in [3.63, 3.8) is 0 Å². The van der Waals surface area contributed by atoms with Gasteiger partial charge in [0.1, 0.15) is 0 Å². The van der Waals surface area contributed by atoms with E-state index in [9.17, 15) is 9.59 Å². The zero-order chi connectivity index (χ0) is 15.9. The maximum atomic E-state index is 12.2. The monoisotopic (exact) mass is 298 g/mol. The van der Waals surface area contributed by atoms with E-state index in [4.69, 9.17) is 4.74 Å². The Balaban J connectivity index is 2.08. The standard InChI is InChI=1S/C17H18N2O3/c1-18-16(20)13-6-8-15(9-7-13)19-17(21)14-5-3-4-12(10-14)11-22-2/h3-10H,11H2,1-2H3,(H,18,20)(H,19,21). The predicted octanol–water partition coefficient (Wildman–Crippen LogP) is 2.44. The van der Waals surface area contributed by atoms with Crippen LogP contribution in [-0.4, -0.2) is 26.0 Å². The molecular weight excluding hydrogens is 280 g/mol. The molecule has 114 valence electrons. The van der Waals surface area contributed by atoms with E-state index in [-0.39, 0.29) is 11.8 Å². The number of amides is 2. The first-order valence-corrected chi connectivity index (χ1v) is 6.85. The maximum Gasteiger partial charge on any atom is 0.255 e. The Morgan fingerprint density at radius 2 is 1.73 bits per heavy atom. The Kier molecular flexibility index (Phi) is 5.27. The van der Waals surface area contributed by atoms with Crippen LogP contribution in [0.4, 0.5) is 5.69 Å². The van der Waals surface area contributed by atoms with Crippen LogP contribution in [0.25, 0.3) is 0 Å². The highest BCUT2D eigenvalue weighted by molar-refractivity contribution is 6.04. The van der Waals surface area contributed by atoms with Gasteiger partial charge < -0.3 is 15.4 Å². The molecule has 22 heavy (non-hydrogen) atoms. The Morgan fingerprint density at radius 1 is 1.00 bits per heavy atom. The number of anilines is 1. The number of hydrogen-bond acceptors (Lipinski definition) is 3. The molecule has 0 aliphatic rings. The van der Waals surface area contributed by atoms with Crippen molar-refractivity contribution in [1.29, 1.82) is 0 Å². The molecule has 0 radical (unpaired) electrons. The maximum absolute atomic E-state index is 12.2. The molecule has 0 atom stereocenters. The minimum atomic E-state index is -0.203. The van der Waals surface area contributed by atoms with E-state index in [2.05, 4.69) is 10.6 Å². The summed E-state index contributed by atoms with van der Waals surface area (Å²) in [5, 5.41) is 5.35. The van der Waals surface area contributed by atoms with Gasteiger partial charge >= 0.3 is 0 Å². The highest BCUT2D eigenvalue weighted by Gasteiger charge is 2.08. The number of nitrogens with one attached hydrogen (secondary N) is 2. The molecule has 2 amide bonds. The number of carbonyl (C=O) groups is 2. The Labute approximate surface area is 129 Å². The Bertz CT molecular complexity index is 666. The van der Waals surface area contributed by atoms with Gasteiger partial charge in [0.25, 0.3) is 11.8 Å². The van der Waals surface area contributed by atoms with Crippen molar-refractivity contribution in [2.75, 3.05) is 19.5 Å². The molecule has 0 saturated heterocycles. The van der Waals surface area contributed by atoms with Gasteiger partial charge in [-0.05, 0) is 42.0 Å². The first kappa shape index (κ1) is 15.7. The SMILES string of the molecule is CNC(=O)c1ccc(NC(=O)c2cccc(COC)c2)cc1. The van der Waals surface area contributed by atoms with Crippen LogP contribution in [0.3, 0.4) is 0 Å². The summed E-state index contributed by atoms with van der Waals surface area (Å²) in [7, 11) is 3.19. The minimum Gasteiger partial charge on any atom is -0.380 e. The lowest BCUT2D eigenvalue weighted by Gasteiger charge is -2.07. The lowest BCUT2D eigenvalue weighted by atomic mass is 10.1. The highest BCUT2D eigenvalue weighted by Crippen LogP contribution is 2.13. The largest absolute Gasteiger partial charge is 0.380 e. The molecule has 0 bridgehead atoms. The normalized spacial score (nSPS) is 10.1. The average Bonchev–Trinajstić information content (AvgIpc) is 2.55. The summed E-state index contributed by atoms with van der Waals surface area (Å²) < 4.78 is 5.06. The minimum absolute atomic E-state index is 0.162. The molecule has 5 heteroatoms. The van der Waals surface area contributed by atoms with Crippen LogP contribution in [0.2, 0.25) is 0 Å². The van der Waals surface area contributed by atoms with Gasteiger partial charge in [0.2, 0.25) is 0 Å². The van der Waals surface area contributed by atoms with Gasteiger partial charge in [0.05, 0.1) is 6.61 Å². The van der Waals surface area contributed by atoms with E-state index < -0.39 is 0 Å². The van der Waals surface area contributed by atoms with Crippen molar-refractivity contribution in [3.05, 3.63) is 65.2 Å². The summed E-state index contributed by atoms with van der Waals surface area (Å²) in [5.41, 5.74) is 2.67. The second-order valence-electron chi connectivity index (χ2n) is 4.74. The van der Waals surface area contributed by atoms with E-state index in [0.717, 1.165) is 5.56 Å². The molecule has 2 aromatic carbocycles. The van der Waals surface area contributed by atoms with E-state index in [1.165, 1.54) is 0 Å². The van der Waals surface area contributed by atoms with E-state index in [1.807, 2.05) is 12.1 Å². The molecule has 0 unspecified atom stereocenters. The number of rotatable bonds is 5. The van der Waals surface area contributed by atoms with E-state index >= 15 is 0 Å². The van der Waals surface area contributed by atoms with Crippen molar-refractivity contribution in [2.45, 2.75) is 6.61 Å². The van der Waals surface area contributed by atoms with Crippen LogP contribution in [0.5, 0.6) is 0 Å². The summed E-state index contributed by atoms with van der Waals surface area (Å²) in [4.78, 5) is 23.7. The van der Waals surface area contributed by atoms with Crippen LogP contribution in [0.1, 0.15) is 26.3 Å². The average molecular weight is 298 g/mol. The summed E-state index contributed by atoms with van der Waals surface area (Å²) in [6.45, 7) is 0.460. The highest BCUT2D eigenvalue weighted by atomic mass is 16.5. The lowest BCUT2D eigenvalue weighted by Crippen LogP contribution is -2.18. The number of ether oxygens (including phenoxy) is 1. The molecule has 0 fully saturated rings. The van der Waals surface area contributed by atoms with Crippen LogP contribution in [0, 0.1) is 0 Å². The Hall–Kier alpha value is -2.66. The van der Waals surface area contributed by atoms with Gasteiger partial charge in [-0.15, -0.1) is 0 Å². The quantitative estimate of drug-likeness (QED) is 0.891. The molecule has 2 aromatic rings. The Morgan fingerprint density at radius 3 is 2.36 bits per heavy atom. The lowest BCUT2D eigenvalue weighted by molar-refractivity contribution is 0.0962. The van der Waals surface area contributed by atoms with Gasteiger partial charge in [-0.2, -0.15) is 0 Å². The first-order chi connectivity index (χ1) is 10.6. The van der Waals surface area contributed by atoms with Crippen LogP contribution in [-0.2, 0) is 11.3 Å². The summed E-state index contributed by atoms with van der Waals surface area (Å²) in [6.07, 6.45) is 0. The van der Waals surface area contributed by atoms with Gasteiger partial charge in [0.15, 0.2) is 0 Å². The van der Waals surface area contributed by atoms with Crippen molar-refractivity contribution >= 4 is 17.5 Å². The van der Waals surface area contributed by atoms with Crippen molar-refractivity contribution < 1.29 is 14.3 Å². The number of methoxy groups -OCH3 is 1. The van der Waals surface area contributed by atoms with Crippen molar-refractivity contribution in [1.82, 2.24) is 5.32 Å². The molecule has 0 heterocycles. The second-order valence-corrected chi connectivity index (χ2v) is 4.74. The van der Waals surface area contributed by atoms with Crippen LogP contribution in [0.15, 0.2) is 48.5 Å². The fourth-order valence-corrected chi connectivity index (χ4v) is 2.02. The third kappa shape index (κ3) is 3.93. The van der Waals surface area contributed by atoms with Gasteiger partial charge in [0, 0.05) is 31.0 Å². The molecule has 2 N–H and O–H groups in total. The third-order valence-corrected chi connectivity index (χ3v) is 3.13. The third-order valence-electron chi connectivity index (χ3n) is 3.13. The van der Waals surface area contributed by atoms with Crippen LogP contribution < -0.4 is 10.6 Å². The number of hydrogen-bond donors (Lipinski definition) is 2. The summed E-state index contributed by atoms with van der Waals surface area (Å²) in [6, 6.07) is 14.0.